The Bertz CT molecular complexity index is 662. The maximum atomic E-state index is 12.4. The van der Waals surface area contributed by atoms with Gasteiger partial charge in [-0.15, -0.1) is 0 Å². The number of unbranched alkanes of at least 4 members (excludes halogenated alkanes) is 2. The molecule has 0 heterocycles. The molecule has 0 rings (SSSR count). The van der Waals surface area contributed by atoms with Gasteiger partial charge in [0, 0.05) is 13.5 Å². The molecule has 0 aliphatic heterocycles. The Morgan fingerprint density at radius 2 is 1.53 bits per heavy atom. The largest absolute Gasteiger partial charge is 0.458 e. The number of methoxy groups -OCH3 is 1. The second kappa shape index (κ2) is 20.2. The molecule has 0 aliphatic carbocycles. The molecule has 16 heteroatoms. The third-order valence-corrected chi connectivity index (χ3v) is 6.60. The van der Waals surface area contributed by atoms with Crippen LogP contribution < -0.4 is 5.32 Å². The molecular weight excluding hydrogens is 629 g/mol. The zero-order valence-corrected chi connectivity index (χ0v) is 23.5. The van der Waals surface area contributed by atoms with Crippen LogP contribution in [0.5, 0.6) is 0 Å². The van der Waals surface area contributed by atoms with E-state index in [0.29, 0.717) is 6.42 Å². The lowest BCUT2D eigenvalue weighted by Gasteiger charge is -2.34. The number of hydrogen-bond acceptors (Lipinski definition) is 14. The van der Waals surface area contributed by atoms with Gasteiger partial charge in [-0.2, -0.15) is 0 Å². The summed E-state index contributed by atoms with van der Waals surface area (Å²) >= 11 is 1.58. The quantitative estimate of drug-likeness (QED) is 0.0183. The fourth-order valence-corrected chi connectivity index (χ4v) is 3.60. The van der Waals surface area contributed by atoms with Crippen molar-refractivity contribution in [1.82, 2.24) is 5.32 Å². The highest BCUT2D eigenvalue weighted by Crippen LogP contribution is 2.18. The molecular formula is C22H42INO14. The molecule has 0 fully saturated rings. The fraction of sp³-hybridized carbons (Fsp3) is 0.909. The van der Waals surface area contributed by atoms with E-state index in [1.165, 1.54) is 7.11 Å². The molecule has 7 unspecified atom stereocenters. The van der Waals surface area contributed by atoms with Crippen LogP contribution in [-0.2, 0) is 23.8 Å². The first-order valence-corrected chi connectivity index (χ1v) is 13.3. The van der Waals surface area contributed by atoms with E-state index in [0.717, 1.165) is 12.8 Å². The van der Waals surface area contributed by atoms with Crippen LogP contribution in [0.15, 0.2) is 0 Å². The van der Waals surface area contributed by atoms with Crippen molar-refractivity contribution in [2.75, 3.05) is 33.5 Å². The van der Waals surface area contributed by atoms with E-state index in [1.54, 1.807) is 22.6 Å². The zero-order chi connectivity index (χ0) is 29.4. The number of halogens is 1. The van der Waals surface area contributed by atoms with E-state index < -0.39 is 84.1 Å². The number of nitrogens with one attached hydrogen (secondary N) is 1. The van der Waals surface area contributed by atoms with Gasteiger partial charge in [0.25, 0.3) is 5.91 Å². The van der Waals surface area contributed by atoms with Gasteiger partial charge >= 0.3 is 5.97 Å². The van der Waals surface area contributed by atoms with Crippen molar-refractivity contribution < 1.29 is 69.8 Å². The molecule has 38 heavy (non-hydrogen) atoms. The highest BCUT2D eigenvalue weighted by Gasteiger charge is 2.41. The van der Waals surface area contributed by atoms with Crippen molar-refractivity contribution in [1.29, 1.82) is 0 Å². The molecule has 10 atom stereocenters. The summed E-state index contributed by atoms with van der Waals surface area (Å²) in [6.07, 6.45) is -15.3. The molecule has 0 aromatic carbocycles. The highest BCUT2D eigenvalue weighted by atomic mass is 127. The number of rotatable bonds is 21. The summed E-state index contributed by atoms with van der Waals surface area (Å²) in [7, 11) is 1.34. The number of ether oxygens (including phenoxy) is 3. The van der Waals surface area contributed by atoms with E-state index in [-0.39, 0.29) is 19.6 Å². The molecule has 0 spiro atoms. The minimum atomic E-state index is -2.38. The predicted octanol–water partition coefficient (Wildman–Crippen LogP) is -4.10. The Labute approximate surface area is 234 Å². The highest BCUT2D eigenvalue weighted by molar-refractivity contribution is 14.1. The van der Waals surface area contributed by atoms with Gasteiger partial charge in [-0.1, -0.05) is 42.4 Å². The Kier molecular flexibility index (Phi) is 19.8. The second-order valence-electron chi connectivity index (χ2n) is 8.62. The molecule has 0 radical (unpaired) electrons. The summed E-state index contributed by atoms with van der Waals surface area (Å²) in [4.78, 5) is 24.4. The van der Waals surface area contributed by atoms with E-state index in [4.69, 9.17) is 19.3 Å². The van der Waals surface area contributed by atoms with Crippen molar-refractivity contribution in [2.24, 2.45) is 0 Å². The van der Waals surface area contributed by atoms with E-state index in [1.807, 2.05) is 6.92 Å². The van der Waals surface area contributed by atoms with Crippen LogP contribution in [0.1, 0.15) is 32.6 Å². The standard InChI is InChI=1S/C22H42INO14/c1-3-4-5-6-14(28)37-11(10-36-2)7-24-21(34)18(32)17(31)20(13(27)9-26)38-22(35)19(33)16(30)15(29)12(23)8-25/h11-13,15-20,22,25-27,29-33,35H,3-10H2,1-2H3,(H,24,34)/t11?,12?,13?,15-,16-,17?,18?,19?,20?,22-/m1/s1. The lowest BCUT2D eigenvalue weighted by Crippen LogP contribution is -2.56. The van der Waals surface area contributed by atoms with Crippen molar-refractivity contribution in [3.05, 3.63) is 0 Å². The van der Waals surface area contributed by atoms with Crippen molar-refractivity contribution >= 4 is 34.5 Å². The first kappa shape index (κ1) is 37.2. The van der Waals surface area contributed by atoms with Gasteiger partial charge < -0.3 is 65.5 Å². The summed E-state index contributed by atoms with van der Waals surface area (Å²) in [5.74, 6) is -1.71. The molecule has 0 bridgehead atoms. The molecule has 10 N–H and O–H groups in total. The average Bonchev–Trinajstić information content (AvgIpc) is 2.91. The number of amides is 1. The van der Waals surface area contributed by atoms with Crippen LogP contribution in [0.4, 0.5) is 0 Å². The summed E-state index contributed by atoms with van der Waals surface area (Å²) in [6.45, 7) is -0.0524. The summed E-state index contributed by atoms with van der Waals surface area (Å²) in [6, 6.07) is 0. The zero-order valence-electron chi connectivity index (χ0n) is 21.4. The first-order chi connectivity index (χ1) is 17.9. The lowest BCUT2D eigenvalue weighted by molar-refractivity contribution is -0.256. The van der Waals surface area contributed by atoms with Crippen molar-refractivity contribution in [2.45, 2.75) is 91.7 Å². The van der Waals surface area contributed by atoms with Crippen LogP contribution in [0.2, 0.25) is 0 Å². The minimum absolute atomic E-state index is 0.0833. The smallest absolute Gasteiger partial charge is 0.306 e. The molecule has 0 aliphatic rings. The van der Waals surface area contributed by atoms with Gasteiger partial charge in [-0.3, -0.25) is 9.59 Å². The fourth-order valence-electron chi connectivity index (χ4n) is 3.18. The molecule has 1 amide bonds. The lowest BCUT2D eigenvalue weighted by atomic mass is 10.0. The number of aliphatic hydroxyl groups excluding tert-OH is 9. The molecule has 15 nitrogen and oxygen atoms in total. The van der Waals surface area contributed by atoms with E-state index in [9.17, 15) is 50.4 Å². The van der Waals surface area contributed by atoms with Crippen LogP contribution in [0.25, 0.3) is 0 Å². The molecule has 0 saturated carbocycles. The molecule has 0 saturated heterocycles. The Hall–Kier alpha value is -0.770. The molecule has 226 valence electrons. The number of aliphatic hydroxyl groups is 9. The minimum Gasteiger partial charge on any atom is -0.458 e. The van der Waals surface area contributed by atoms with Crippen molar-refractivity contribution in [3.8, 4) is 0 Å². The Morgan fingerprint density at radius 3 is 2.05 bits per heavy atom. The number of esters is 1. The van der Waals surface area contributed by atoms with E-state index in [2.05, 4.69) is 5.32 Å². The van der Waals surface area contributed by atoms with Crippen LogP contribution in [0.3, 0.4) is 0 Å². The second-order valence-corrected chi connectivity index (χ2v) is 10.2. The third-order valence-electron chi connectivity index (χ3n) is 5.47. The summed E-state index contributed by atoms with van der Waals surface area (Å²) in [5, 5.41) is 91.4. The number of alkyl halides is 1. The average molecular weight is 671 g/mol. The van der Waals surface area contributed by atoms with Crippen molar-refractivity contribution in [3.63, 3.8) is 0 Å². The van der Waals surface area contributed by atoms with Crippen LogP contribution in [-0.4, -0.2) is 150 Å². The number of carbonyl (C=O) groups is 2. The first-order valence-electron chi connectivity index (χ1n) is 12.1. The summed E-state index contributed by atoms with van der Waals surface area (Å²) < 4.78 is 14.2. The Balaban J connectivity index is 5.22. The Morgan fingerprint density at radius 1 is 0.895 bits per heavy atom. The van der Waals surface area contributed by atoms with Gasteiger partial charge in [0.1, 0.15) is 36.6 Å². The van der Waals surface area contributed by atoms with Crippen LogP contribution in [0, 0.1) is 0 Å². The maximum Gasteiger partial charge on any atom is 0.306 e. The predicted molar refractivity (Wildman–Crippen MR) is 138 cm³/mol. The SMILES string of the molecule is CCCCCC(=O)OC(CNC(=O)C(O)C(O)C(O[C@@H](O)C(O)[C@H](O)[C@H](O)C(I)CO)C(O)CO)COC. The topological polar surface area (TPSA) is 256 Å². The molecule has 0 aromatic rings. The number of hydrogen-bond donors (Lipinski definition) is 10. The number of carbonyl (C=O) groups excluding carboxylic acids is 2. The monoisotopic (exact) mass is 671 g/mol. The van der Waals surface area contributed by atoms with Gasteiger partial charge in [0.15, 0.2) is 12.4 Å². The van der Waals surface area contributed by atoms with Gasteiger partial charge in [-0.25, -0.2) is 0 Å². The van der Waals surface area contributed by atoms with Crippen LogP contribution >= 0.6 is 22.6 Å². The molecule has 0 aromatic heterocycles. The normalized spacial score (nSPS) is 19.8. The maximum absolute atomic E-state index is 12.4. The van der Waals surface area contributed by atoms with Gasteiger partial charge in [0.05, 0.1) is 36.4 Å². The van der Waals surface area contributed by atoms with Gasteiger partial charge in [0.2, 0.25) is 0 Å². The van der Waals surface area contributed by atoms with Gasteiger partial charge in [-0.05, 0) is 6.42 Å². The van der Waals surface area contributed by atoms with E-state index >= 15 is 0 Å². The summed E-state index contributed by atoms with van der Waals surface area (Å²) in [5.41, 5.74) is 0. The third kappa shape index (κ3) is 13.1.